The molecule has 0 saturated carbocycles. The summed E-state index contributed by atoms with van der Waals surface area (Å²) in [5.41, 5.74) is 2.04. The molecule has 86 heavy (non-hydrogen) atoms. The SMILES string of the molecule is CC(C)(C)OO[C@]12C3=C4C5=C6C3(O)C3(Br)c7c1c1c8c2c2c9c%10c(c%11c%12c%13c(c%14c%15c%16c(c3c3c7c7c1c1c%17c8c9c8c9c%10c%12c%10c%12c%13c%15c%13c%15c%16c3c3c7c1c1c(c3%15)c(c%13%12)c(c9%10)c1c%178)[C@@]6%14OOC(C)(C)C)[C@@]5%11OOC(C)(C)C)[C@@]42OOC(C)(C)C. The lowest BCUT2D eigenvalue weighted by Gasteiger charge is -2.60. The molecule has 11 aliphatic rings. The van der Waals surface area contributed by atoms with Crippen molar-refractivity contribution in [1.29, 1.82) is 0 Å². The normalized spacial score (nSPS) is 29.4. The van der Waals surface area contributed by atoms with Crippen LogP contribution in [0.3, 0.4) is 0 Å². The summed E-state index contributed by atoms with van der Waals surface area (Å²) in [5.74, 6) is 0. The first-order chi connectivity index (χ1) is 41.0. The number of rotatable bonds is 8. The molecule has 0 saturated heterocycles. The van der Waals surface area contributed by atoms with Crippen molar-refractivity contribution >= 4 is 231 Å². The predicted molar refractivity (Wildman–Crippen MR) is 337 cm³/mol. The summed E-state index contributed by atoms with van der Waals surface area (Å²) in [5, 5.41) is 70.6. The molecule has 1 N–H and O–H groups in total. The van der Waals surface area contributed by atoms with Crippen molar-refractivity contribution in [3.8, 4) is 0 Å². The van der Waals surface area contributed by atoms with Gasteiger partial charge >= 0.3 is 0 Å². The standard InChI is InChI=1S/C76H37BrO9/c1-67(2,3)79-83-71-53-43-33-23-18-13-14-16-17-15(13)20-26-24(18)34(33)44-46-36(26)38-28(20)30-22(17)32-31-21(16)29-27-19(14)25(23)35-37(27)47-49-39(29)41(31)51-52-42(32)40(30)50-48(38)58-56(46)72(54(44)53,84-80-68(4,5)6)64-63(71)65-73(85-81-69(7,8)9,57(47)55(71)45(35)43)59(49)61(51)75(77)62(52)60(50)74(58,66(64)76(65,75)78)86-82-70(10,11)12/h78H,1-12H3/t71-,72+,73-,74+,75?,76?. The Morgan fingerprint density at radius 3 is 0.581 bits per heavy atom. The van der Waals surface area contributed by atoms with E-state index in [9.17, 15) is 0 Å². The van der Waals surface area contributed by atoms with Gasteiger partial charge in [0.15, 0.2) is 22.4 Å². The number of benzene rings is 15. The second-order valence-electron chi connectivity index (χ2n) is 33.5. The topological polar surface area (TPSA) is 94.1 Å². The maximum Gasteiger partial charge on any atom is 0.181 e. The molecular weight excluding hydrogens is 1140 g/mol. The highest BCUT2D eigenvalue weighted by Crippen LogP contribution is 2.92. The zero-order valence-electron chi connectivity index (χ0n) is 48.1. The van der Waals surface area contributed by atoms with Gasteiger partial charge in [-0.05, 0) is 310 Å². The molecule has 21 aromatic carbocycles. The van der Waals surface area contributed by atoms with Gasteiger partial charge in [0.1, 0.15) is 9.93 Å². The van der Waals surface area contributed by atoms with E-state index in [0.717, 1.165) is 66.8 Å². The molecule has 0 heterocycles. The molecule has 402 valence electrons. The van der Waals surface area contributed by atoms with Crippen LogP contribution in [0, 0.1) is 0 Å². The van der Waals surface area contributed by atoms with Gasteiger partial charge in [0, 0.05) is 66.8 Å². The van der Waals surface area contributed by atoms with Gasteiger partial charge in [-0.2, -0.15) is 0 Å². The smallest absolute Gasteiger partial charge is 0.181 e. The molecule has 2 unspecified atom stereocenters. The van der Waals surface area contributed by atoms with E-state index in [1.165, 1.54) is 215 Å². The van der Waals surface area contributed by atoms with E-state index in [-0.39, 0.29) is 0 Å². The highest BCUT2D eigenvalue weighted by molar-refractivity contribution is 9.09. The molecule has 10 heteroatoms. The quantitative estimate of drug-likeness (QED) is 0.0691. The first kappa shape index (κ1) is 40.5. The molecule has 0 spiro atoms. The zero-order valence-corrected chi connectivity index (χ0v) is 49.7. The van der Waals surface area contributed by atoms with Crippen molar-refractivity contribution in [3.63, 3.8) is 0 Å². The van der Waals surface area contributed by atoms with Gasteiger partial charge in [-0.25, -0.2) is 39.1 Å². The van der Waals surface area contributed by atoms with E-state index in [4.69, 9.17) is 55.0 Å². The van der Waals surface area contributed by atoms with Crippen LogP contribution in [0.25, 0.3) is 215 Å². The summed E-state index contributed by atoms with van der Waals surface area (Å²) in [4.78, 5) is 61.8. The Morgan fingerprint density at radius 2 is 0.384 bits per heavy atom. The van der Waals surface area contributed by atoms with Crippen molar-refractivity contribution in [2.75, 3.05) is 0 Å². The Kier molecular flexibility index (Phi) is 4.40. The number of hydrogen-bond acceptors (Lipinski definition) is 9. The number of aliphatic hydroxyl groups is 1. The monoisotopic (exact) mass is 1170 g/mol. The van der Waals surface area contributed by atoms with Crippen LogP contribution in [-0.4, -0.2) is 33.1 Å². The second-order valence-corrected chi connectivity index (χ2v) is 34.6. The van der Waals surface area contributed by atoms with E-state index in [1.807, 2.05) is 0 Å². The van der Waals surface area contributed by atoms with E-state index in [0.29, 0.717) is 11.1 Å². The van der Waals surface area contributed by atoms with E-state index in [1.54, 1.807) is 0 Å². The summed E-state index contributed by atoms with van der Waals surface area (Å²) in [7, 11) is 0. The maximum absolute atomic E-state index is 16.9. The van der Waals surface area contributed by atoms with Crippen LogP contribution < -0.4 is 0 Å². The fourth-order valence-electron chi connectivity index (χ4n) is 25.6. The minimum Gasteiger partial charge on any atom is -0.379 e. The van der Waals surface area contributed by atoms with Gasteiger partial charge in [-0.15, -0.1) is 0 Å². The van der Waals surface area contributed by atoms with Gasteiger partial charge in [0.25, 0.3) is 0 Å². The molecule has 32 rings (SSSR count). The Morgan fingerprint density at radius 1 is 0.233 bits per heavy atom. The van der Waals surface area contributed by atoms with Gasteiger partial charge in [-0.3, -0.25) is 0 Å². The van der Waals surface area contributed by atoms with Crippen molar-refractivity contribution in [3.05, 3.63) is 77.9 Å². The Balaban J connectivity index is 1.07. The first-order valence-electron chi connectivity index (χ1n) is 31.2. The molecule has 6 atom stereocenters. The highest BCUT2D eigenvalue weighted by atomic mass is 79.9. The van der Waals surface area contributed by atoms with Crippen molar-refractivity contribution in [2.45, 2.75) is 138 Å². The predicted octanol–water partition coefficient (Wildman–Crippen LogP) is 18.2. The van der Waals surface area contributed by atoms with Crippen molar-refractivity contribution < 1.29 is 44.2 Å². The van der Waals surface area contributed by atoms with Crippen LogP contribution in [0.1, 0.15) is 139 Å². The minimum absolute atomic E-state index is 0.682. The van der Waals surface area contributed by atoms with Crippen LogP contribution in [0.15, 0.2) is 22.3 Å². The number of halogens is 1. The minimum atomic E-state index is -2.02. The molecular formula is C76H37BrO9. The van der Waals surface area contributed by atoms with E-state index < -0.39 is 54.7 Å². The molecule has 21 aromatic rings. The van der Waals surface area contributed by atoms with Gasteiger partial charge in [0.05, 0.1) is 22.4 Å². The van der Waals surface area contributed by atoms with E-state index >= 15 is 5.11 Å². The molecule has 0 aliphatic heterocycles. The summed E-state index contributed by atoms with van der Waals surface area (Å²) in [6.07, 6.45) is 0. The van der Waals surface area contributed by atoms with Crippen LogP contribution in [0.4, 0.5) is 0 Å². The second kappa shape index (κ2) is 9.33. The lowest BCUT2D eigenvalue weighted by molar-refractivity contribution is -0.408. The average molecular weight is 1170 g/mol. The van der Waals surface area contributed by atoms with Crippen molar-refractivity contribution in [2.24, 2.45) is 0 Å². The van der Waals surface area contributed by atoms with Crippen LogP contribution >= 0.6 is 15.9 Å². The van der Waals surface area contributed by atoms with Gasteiger partial charge < -0.3 is 5.11 Å². The summed E-state index contributed by atoms with van der Waals surface area (Å²) < 4.78 is -1.35. The third-order valence-electron chi connectivity index (χ3n) is 26.1. The lowest BCUT2D eigenvalue weighted by atomic mass is 9.51. The largest absolute Gasteiger partial charge is 0.379 e. The van der Waals surface area contributed by atoms with E-state index in [2.05, 4.69) is 83.1 Å². The molecule has 0 bridgehead atoms. The molecule has 0 aromatic heterocycles. The fraction of sp³-hybridized carbons (Fsp3) is 0.289. The Bertz CT molecular complexity index is 6950. The Labute approximate surface area is 488 Å². The van der Waals surface area contributed by atoms with Crippen molar-refractivity contribution in [1.82, 2.24) is 0 Å². The maximum atomic E-state index is 16.9. The van der Waals surface area contributed by atoms with Crippen LogP contribution in [0.2, 0.25) is 0 Å². The third-order valence-corrected chi connectivity index (χ3v) is 27.4. The van der Waals surface area contributed by atoms with Gasteiger partial charge in [-0.1, -0.05) is 15.9 Å². The summed E-state index contributed by atoms with van der Waals surface area (Å²) >= 11 is 5.04. The molecule has 0 amide bonds. The highest BCUT2D eigenvalue weighted by Gasteiger charge is 2.89. The van der Waals surface area contributed by atoms with Crippen LogP contribution in [-0.2, 0) is 65.8 Å². The number of hydrogen-bond donors (Lipinski definition) is 1. The molecule has 0 radical (unpaired) electrons. The third kappa shape index (κ3) is 2.55. The molecule has 0 fully saturated rings. The zero-order chi connectivity index (χ0) is 55.8. The first-order valence-corrected chi connectivity index (χ1v) is 32.0. The summed E-state index contributed by atoms with van der Waals surface area (Å²) in [6.45, 7) is 25.1. The number of alkyl halides is 1. The molecule has 11 aliphatic carbocycles. The van der Waals surface area contributed by atoms with Crippen LogP contribution in [0.5, 0.6) is 0 Å². The average Bonchev–Trinajstić information content (AvgIpc) is 1.37. The Hall–Kier alpha value is -6.90. The fourth-order valence-corrected chi connectivity index (χ4v) is 26.8. The van der Waals surface area contributed by atoms with Gasteiger partial charge in [0.2, 0.25) is 0 Å². The summed E-state index contributed by atoms with van der Waals surface area (Å²) in [6, 6.07) is 0. The molecule has 9 nitrogen and oxygen atoms in total. The lowest BCUT2D eigenvalue weighted by Crippen LogP contribution is -2.66.